The number of hydrogen-bond donors (Lipinski definition) is 1. The molecule has 0 aliphatic carbocycles. The van der Waals surface area contributed by atoms with Crippen molar-refractivity contribution in [1.29, 1.82) is 0 Å². The van der Waals surface area contributed by atoms with Gasteiger partial charge in [0.1, 0.15) is 5.82 Å². The van der Waals surface area contributed by atoms with E-state index in [1.54, 1.807) is 10.7 Å². The smallest absolute Gasteiger partial charge is 0.129 e. The van der Waals surface area contributed by atoms with E-state index in [0.29, 0.717) is 17.1 Å². The average Bonchev–Trinajstić information content (AvgIpc) is 2.68. The van der Waals surface area contributed by atoms with Gasteiger partial charge in [-0.15, -0.1) is 0 Å². The number of rotatable bonds is 5. The molecule has 0 unspecified atom stereocenters. The van der Waals surface area contributed by atoms with Crippen LogP contribution in [0, 0.1) is 19.7 Å². The highest BCUT2D eigenvalue weighted by Gasteiger charge is 2.15. The maximum atomic E-state index is 14.1. The second-order valence-electron chi connectivity index (χ2n) is 4.81. The summed E-state index contributed by atoms with van der Waals surface area (Å²) < 4.78 is 15.8. The minimum absolute atomic E-state index is 0.227. The molecule has 5 heteroatoms. The molecular formula is C15H19ClFN3. The van der Waals surface area contributed by atoms with Crippen LogP contribution in [0.25, 0.3) is 5.69 Å². The van der Waals surface area contributed by atoms with Gasteiger partial charge in [-0.2, -0.15) is 5.10 Å². The van der Waals surface area contributed by atoms with Crippen molar-refractivity contribution >= 4 is 11.6 Å². The molecule has 0 bridgehead atoms. The van der Waals surface area contributed by atoms with E-state index in [9.17, 15) is 4.39 Å². The van der Waals surface area contributed by atoms with E-state index in [1.807, 2.05) is 19.9 Å². The van der Waals surface area contributed by atoms with Crippen molar-refractivity contribution in [3.8, 4) is 5.69 Å². The zero-order valence-corrected chi connectivity index (χ0v) is 12.8. The van der Waals surface area contributed by atoms with Gasteiger partial charge in [0.15, 0.2) is 0 Å². The molecule has 2 rings (SSSR count). The van der Waals surface area contributed by atoms with Crippen molar-refractivity contribution in [2.24, 2.45) is 0 Å². The third-order valence-corrected chi connectivity index (χ3v) is 3.80. The average molecular weight is 296 g/mol. The molecule has 108 valence electrons. The largest absolute Gasteiger partial charge is 0.312 e. The number of benzene rings is 1. The molecule has 0 saturated carbocycles. The van der Waals surface area contributed by atoms with Gasteiger partial charge in [0.25, 0.3) is 0 Å². The lowest BCUT2D eigenvalue weighted by Gasteiger charge is -2.13. The molecule has 1 heterocycles. The zero-order valence-electron chi connectivity index (χ0n) is 12.0. The van der Waals surface area contributed by atoms with Gasteiger partial charge in [-0.25, -0.2) is 9.07 Å². The van der Waals surface area contributed by atoms with Gasteiger partial charge in [0, 0.05) is 12.1 Å². The summed E-state index contributed by atoms with van der Waals surface area (Å²) in [6, 6.07) is 5.03. The standard InChI is InChI=1S/C15H19ClFN3/c1-4-8-18-9-12-13(17)6-5-7-14(12)20-11(3)15(16)10(2)19-20/h5-7,18H,4,8-9H2,1-3H3. The molecule has 0 atom stereocenters. The molecule has 0 amide bonds. The fraction of sp³-hybridized carbons (Fsp3) is 0.400. The molecule has 0 aliphatic rings. The third-order valence-electron chi connectivity index (χ3n) is 3.25. The van der Waals surface area contributed by atoms with E-state index in [4.69, 9.17) is 11.6 Å². The number of hydrogen-bond acceptors (Lipinski definition) is 2. The number of nitrogens with zero attached hydrogens (tertiary/aromatic N) is 2. The Labute approximate surface area is 123 Å². The molecule has 1 aromatic carbocycles. The lowest BCUT2D eigenvalue weighted by atomic mass is 10.1. The summed E-state index contributed by atoms with van der Waals surface area (Å²) in [4.78, 5) is 0. The Morgan fingerprint density at radius 2 is 2.10 bits per heavy atom. The van der Waals surface area contributed by atoms with Crippen LogP contribution < -0.4 is 5.32 Å². The fourth-order valence-electron chi connectivity index (χ4n) is 2.17. The van der Waals surface area contributed by atoms with Crippen LogP contribution in [0.5, 0.6) is 0 Å². The summed E-state index contributed by atoms with van der Waals surface area (Å²) in [5.74, 6) is -0.227. The van der Waals surface area contributed by atoms with Crippen LogP contribution in [-0.4, -0.2) is 16.3 Å². The van der Waals surface area contributed by atoms with Crippen LogP contribution in [-0.2, 0) is 6.54 Å². The van der Waals surface area contributed by atoms with Crippen LogP contribution in [0.1, 0.15) is 30.3 Å². The van der Waals surface area contributed by atoms with Crippen LogP contribution in [0.3, 0.4) is 0 Å². The van der Waals surface area contributed by atoms with Crippen molar-refractivity contribution in [3.63, 3.8) is 0 Å². The molecule has 0 spiro atoms. The maximum absolute atomic E-state index is 14.1. The van der Waals surface area contributed by atoms with Gasteiger partial charge >= 0.3 is 0 Å². The number of aryl methyl sites for hydroxylation is 1. The summed E-state index contributed by atoms with van der Waals surface area (Å²) in [6.45, 7) is 7.14. The summed E-state index contributed by atoms with van der Waals surface area (Å²) in [7, 11) is 0. The van der Waals surface area contributed by atoms with Gasteiger partial charge in [-0.05, 0) is 38.9 Å². The Hall–Kier alpha value is -1.39. The van der Waals surface area contributed by atoms with Gasteiger partial charge in [0.2, 0.25) is 0 Å². The third kappa shape index (κ3) is 2.86. The highest BCUT2D eigenvalue weighted by atomic mass is 35.5. The molecule has 0 aliphatic heterocycles. The molecule has 2 aromatic rings. The number of halogens is 2. The van der Waals surface area contributed by atoms with Crippen molar-refractivity contribution in [1.82, 2.24) is 15.1 Å². The van der Waals surface area contributed by atoms with Gasteiger partial charge in [0.05, 0.1) is 22.1 Å². The molecule has 20 heavy (non-hydrogen) atoms. The molecule has 1 aromatic heterocycles. The van der Waals surface area contributed by atoms with Crippen LogP contribution >= 0.6 is 11.6 Å². The number of aromatic nitrogens is 2. The first-order chi connectivity index (χ1) is 9.56. The second-order valence-corrected chi connectivity index (χ2v) is 5.19. The van der Waals surface area contributed by atoms with Gasteiger partial charge in [-0.1, -0.05) is 24.6 Å². The quantitative estimate of drug-likeness (QED) is 0.851. The predicted molar refractivity (Wildman–Crippen MR) is 80.0 cm³/mol. The summed E-state index contributed by atoms with van der Waals surface area (Å²) in [5, 5.41) is 8.26. The lowest BCUT2D eigenvalue weighted by molar-refractivity contribution is 0.581. The maximum Gasteiger partial charge on any atom is 0.129 e. The predicted octanol–water partition coefficient (Wildman–Crippen LogP) is 3.78. The summed E-state index contributed by atoms with van der Waals surface area (Å²) in [5.41, 5.74) is 2.93. The molecule has 3 nitrogen and oxygen atoms in total. The highest BCUT2D eigenvalue weighted by Crippen LogP contribution is 2.25. The first kappa shape index (κ1) is 15.0. The molecular weight excluding hydrogens is 277 g/mol. The Kier molecular flexibility index (Phi) is 4.78. The minimum atomic E-state index is -0.227. The lowest BCUT2D eigenvalue weighted by Crippen LogP contribution is -2.17. The molecule has 0 radical (unpaired) electrons. The monoisotopic (exact) mass is 295 g/mol. The molecule has 0 saturated heterocycles. The second kappa shape index (κ2) is 6.37. The fourth-order valence-corrected chi connectivity index (χ4v) is 2.29. The SMILES string of the molecule is CCCNCc1c(F)cccc1-n1nc(C)c(Cl)c1C. The molecule has 0 fully saturated rings. The Balaban J connectivity index is 2.45. The van der Waals surface area contributed by atoms with Crippen LogP contribution in [0.2, 0.25) is 5.02 Å². The van der Waals surface area contributed by atoms with Crippen molar-refractivity contribution in [2.75, 3.05) is 6.54 Å². The Bertz CT molecular complexity index is 607. The number of nitrogens with one attached hydrogen (secondary N) is 1. The van der Waals surface area contributed by atoms with E-state index in [-0.39, 0.29) is 5.82 Å². The van der Waals surface area contributed by atoms with Gasteiger partial charge in [-0.3, -0.25) is 0 Å². The van der Waals surface area contributed by atoms with Gasteiger partial charge < -0.3 is 5.32 Å². The Morgan fingerprint density at radius 1 is 1.35 bits per heavy atom. The summed E-state index contributed by atoms with van der Waals surface area (Å²) in [6.07, 6.45) is 1.01. The topological polar surface area (TPSA) is 29.9 Å². The first-order valence-corrected chi connectivity index (χ1v) is 7.14. The highest BCUT2D eigenvalue weighted by molar-refractivity contribution is 6.31. The van der Waals surface area contributed by atoms with E-state index >= 15 is 0 Å². The van der Waals surface area contributed by atoms with Crippen molar-refractivity contribution in [2.45, 2.75) is 33.7 Å². The van der Waals surface area contributed by atoms with Crippen molar-refractivity contribution in [3.05, 3.63) is 46.0 Å². The first-order valence-electron chi connectivity index (χ1n) is 6.76. The van der Waals surface area contributed by atoms with Crippen LogP contribution in [0.15, 0.2) is 18.2 Å². The minimum Gasteiger partial charge on any atom is -0.312 e. The van der Waals surface area contributed by atoms with E-state index in [0.717, 1.165) is 30.0 Å². The van der Waals surface area contributed by atoms with E-state index in [2.05, 4.69) is 17.3 Å². The van der Waals surface area contributed by atoms with Crippen molar-refractivity contribution < 1.29 is 4.39 Å². The normalized spacial score (nSPS) is 11.1. The molecule has 1 N–H and O–H groups in total. The van der Waals surface area contributed by atoms with Crippen LogP contribution in [0.4, 0.5) is 4.39 Å². The summed E-state index contributed by atoms with van der Waals surface area (Å²) >= 11 is 6.17. The Morgan fingerprint density at radius 3 is 2.70 bits per heavy atom. The van der Waals surface area contributed by atoms with E-state index < -0.39 is 0 Å². The zero-order chi connectivity index (χ0) is 14.7. The van der Waals surface area contributed by atoms with E-state index in [1.165, 1.54) is 6.07 Å².